The zero-order valence-electron chi connectivity index (χ0n) is 8.84. The van der Waals surface area contributed by atoms with Crippen molar-refractivity contribution >= 4 is 26.5 Å². The summed E-state index contributed by atoms with van der Waals surface area (Å²) in [4.78, 5) is 0. The predicted molar refractivity (Wildman–Crippen MR) is 59.0 cm³/mol. The van der Waals surface area contributed by atoms with Crippen molar-refractivity contribution in [1.82, 2.24) is 14.5 Å². The highest BCUT2D eigenvalue weighted by Crippen LogP contribution is 2.22. The Kier molecular flexibility index (Phi) is 3.63. The van der Waals surface area contributed by atoms with E-state index in [-0.39, 0.29) is 15.5 Å². The maximum atomic E-state index is 12.0. The first-order chi connectivity index (χ1) is 6.89. The average Bonchev–Trinajstić information content (AvgIpc) is 2.52. The molecule has 0 radical (unpaired) electrons. The molecule has 86 valence electrons. The molecule has 0 amide bonds. The molecule has 0 aliphatic rings. The van der Waals surface area contributed by atoms with E-state index in [4.69, 9.17) is 5.73 Å². The summed E-state index contributed by atoms with van der Waals surface area (Å²) in [5, 5.41) is 7.21. The molecule has 2 N–H and O–H groups in total. The highest BCUT2D eigenvalue weighted by atomic mass is 32.2. The molecular weight excluding hydrogens is 236 g/mol. The van der Waals surface area contributed by atoms with Crippen molar-refractivity contribution in [1.29, 1.82) is 0 Å². The zero-order chi connectivity index (χ0) is 11.6. The van der Waals surface area contributed by atoms with E-state index in [1.54, 1.807) is 6.92 Å². The van der Waals surface area contributed by atoms with E-state index >= 15 is 0 Å². The third-order valence-corrected chi connectivity index (χ3v) is 5.09. The van der Waals surface area contributed by atoms with Gasteiger partial charge < -0.3 is 5.73 Å². The van der Waals surface area contributed by atoms with Crippen molar-refractivity contribution in [2.45, 2.75) is 31.2 Å². The lowest BCUT2D eigenvalue weighted by molar-refractivity contribution is 0.368. The average molecular weight is 250 g/mol. The first kappa shape index (κ1) is 12.3. The van der Waals surface area contributed by atoms with E-state index in [0.29, 0.717) is 6.54 Å². The molecule has 1 aromatic rings. The Bertz CT molecular complexity index is 426. The lowest BCUT2D eigenvalue weighted by Gasteiger charge is -2.22. The van der Waals surface area contributed by atoms with E-state index < -0.39 is 10.0 Å². The molecular formula is C7H14N4O2S2. The highest BCUT2D eigenvalue weighted by molar-refractivity contribution is 7.91. The third kappa shape index (κ3) is 2.44. The van der Waals surface area contributed by atoms with Crippen LogP contribution in [0, 0.1) is 0 Å². The normalized spacial score (nSPS) is 12.6. The van der Waals surface area contributed by atoms with Gasteiger partial charge in [0.1, 0.15) is 0 Å². The molecule has 0 atom stereocenters. The number of hydrogen-bond donors (Lipinski definition) is 1. The number of sulfonamides is 1. The van der Waals surface area contributed by atoms with Crippen molar-refractivity contribution in [2.75, 3.05) is 12.3 Å². The lowest BCUT2D eigenvalue weighted by Crippen LogP contribution is -2.36. The van der Waals surface area contributed by atoms with E-state index in [1.165, 1.54) is 4.31 Å². The molecule has 8 heteroatoms. The Morgan fingerprint density at radius 2 is 2.07 bits per heavy atom. The number of nitrogens with two attached hydrogens (primary N) is 1. The summed E-state index contributed by atoms with van der Waals surface area (Å²) in [6, 6.07) is -0.106. The van der Waals surface area contributed by atoms with Gasteiger partial charge in [0.15, 0.2) is 0 Å². The number of hydrogen-bond acceptors (Lipinski definition) is 6. The van der Waals surface area contributed by atoms with E-state index in [2.05, 4.69) is 10.2 Å². The van der Waals surface area contributed by atoms with Crippen LogP contribution in [0.15, 0.2) is 4.34 Å². The Morgan fingerprint density at radius 3 is 2.40 bits per heavy atom. The number of aromatic nitrogens is 2. The van der Waals surface area contributed by atoms with Crippen LogP contribution in [0.3, 0.4) is 0 Å². The minimum atomic E-state index is -3.53. The minimum absolute atomic E-state index is 0.0458. The maximum absolute atomic E-state index is 12.0. The summed E-state index contributed by atoms with van der Waals surface area (Å²) in [6.07, 6.45) is 0. The van der Waals surface area contributed by atoms with Gasteiger partial charge >= 0.3 is 0 Å². The summed E-state index contributed by atoms with van der Waals surface area (Å²) in [7, 11) is -3.53. The second-order valence-electron chi connectivity index (χ2n) is 3.21. The summed E-state index contributed by atoms with van der Waals surface area (Å²) >= 11 is 0.882. The molecule has 0 bridgehead atoms. The third-order valence-electron chi connectivity index (χ3n) is 1.84. The van der Waals surface area contributed by atoms with Gasteiger partial charge in [0.05, 0.1) is 0 Å². The highest BCUT2D eigenvalue weighted by Gasteiger charge is 2.28. The fraction of sp³-hybridized carbons (Fsp3) is 0.714. The topological polar surface area (TPSA) is 89.2 Å². The monoisotopic (exact) mass is 250 g/mol. The Balaban J connectivity index is 3.12. The molecule has 0 fully saturated rings. The Morgan fingerprint density at radius 1 is 1.47 bits per heavy atom. The van der Waals surface area contributed by atoms with Gasteiger partial charge in [-0.2, -0.15) is 4.31 Å². The second-order valence-corrected chi connectivity index (χ2v) is 6.28. The Hall–Kier alpha value is -0.730. The molecule has 0 aromatic carbocycles. The van der Waals surface area contributed by atoms with Crippen LogP contribution >= 0.6 is 11.3 Å². The SMILES string of the molecule is CCN(C(C)C)S(=O)(=O)c1nnc(N)s1. The molecule has 0 saturated heterocycles. The number of rotatable bonds is 4. The molecule has 15 heavy (non-hydrogen) atoms. The molecule has 0 aliphatic heterocycles. The van der Waals surface area contributed by atoms with Crippen molar-refractivity contribution in [3.05, 3.63) is 0 Å². The maximum Gasteiger partial charge on any atom is 0.272 e. The summed E-state index contributed by atoms with van der Waals surface area (Å²) in [6.45, 7) is 5.80. The van der Waals surface area contributed by atoms with E-state index in [0.717, 1.165) is 11.3 Å². The second kappa shape index (κ2) is 4.42. The summed E-state index contributed by atoms with van der Waals surface area (Å²) < 4.78 is 25.3. The standard InChI is InChI=1S/C7H14N4O2S2/c1-4-11(5(2)3)15(12,13)7-10-9-6(8)14-7/h5H,4H2,1-3H3,(H2,8,9). The first-order valence-electron chi connectivity index (χ1n) is 4.50. The van der Waals surface area contributed by atoms with Gasteiger partial charge in [-0.05, 0) is 13.8 Å². The van der Waals surface area contributed by atoms with Gasteiger partial charge in [-0.1, -0.05) is 18.3 Å². The lowest BCUT2D eigenvalue weighted by atomic mass is 10.4. The van der Waals surface area contributed by atoms with Crippen LogP contribution in [0.2, 0.25) is 0 Å². The molecule has 0 saturated carbocycles. The minimum Gasteiger partial charge on any atom is -0.374 e. The van der Waals surface area contributed by atoms with Gasteiger partial charge in [0.25, 0.3) is 10.0 Å². The largest absolute Gasteiger partial charge is 0.374 e. The van der Waals surface area contributed by atoms with Crippen molar-refractivity contribution in [2.24, 2.45) is 0 Å². The number of nitrogen functional groups attached to an aromatic ring is 1. The molecule has 1 rings (SSSR count). The van der Waals surface area contributed by atoms with Crippen LogP contribution in [0.25, 0.3) is 0 Å². The number of anilines is 1. The predicted octanol–water partition coefficient (Wildman–Crippen LogP) is 0.539. The van der Waals surface area contributed by atoms with Crippen molar-refractivity contribution in [3.8, 4) is 0 Å². The molecule has 1 heterocycles. The van der Waals surface area contributed by atoms with Crippen LogP contribution in [0.4, 0.5) is 5.13 Å². The molecule has 0 spiro atoms. The van der Waals surface area contributed by atoms with Crippen LogP contribution in [0.5, 0.6) is 0 Å². The molecule has 0 aliphatic carbocycles. The fourth-order valence-corrected chi connectivity index (χ4v) is 3.78. The Labute approximate surface area is 93.2 Å². The molecule has 6 nitrogen and oxygen atoms in total. The fourth-order valence-electron chi connectivity index (χ4n) is 1.24. The smallest absolute Gasteiger partial charge is 0.272 e. The zero-order valence-corrected chi connectivity index (χ0v) is 10.5. The molecule has 1 aromatic heterocycles. The quantitative estimate of drug-likeness (QED) is 0.842. The van der Waals surface area contributed by atoms with Gasteiger partial charge in [-0.3, -0.25) is 0 Å². The first-order valence-corrected chi connectivity index (χ1v) is 6.76. The van der Waals surface area contributed by atoms with Gasteiger partial charge in [-0.25, -0.2) is 8.42 Å². The summed E-state index contributed by atoms with van der Waals surface area (Å²) in [5.41, 5.74) is 5.35. The van der Waals surface area contributed by atoms with Crippen molar-refractivity contribution < 1.29 is 8.42 Å². The van der Waals surface area contributed by atoms with Gasteiger partial charge in [0.2, 0.25) is 9.47 Å². The van der Waals surface area contributed by atoms with E-state index in [9.17, 15) is 8.42 Å². The van der Waals surface area contributed by atoms with Crippen molar-refractivity contribution in [3.63, 3.8) is 0 Å². The van der Waals surface area contributed by atoms with Crippen LogP contribution in [0.1, 0.15) is 20.8 Å². The van der Waals surface area contributed by atoms with Crippen LogP contribution in [-0.2, 0) is 10.0 Å². The van der Waals surface area contributed by atoms with Gasteiger partial charge in [0, 0.05) is 12.6 Å². The van der Waals surface area contributed by atoms with Crippen LogP contribution < -0.4 is 5.73 Å². The summed E-state index contributed by atoms with van der Waals surface area (Å²) in [5.74, 6) is 0. The number of nitrogens with zero attached hydrogens (tertiary/aromatic N) is 3. The molecule has 0 unspecified atom stereocenters. The van der Waals surface area contributed by atoms with E-state index in [1.807, 2.05) is 13.8 Å². The van der Waals surface area contributed by atoms with Crippen LogP contribution in [-0.4, -0.2) is 35.5 Å². The van der Waals surface area contributed by atoms with Gasteiger partial charge in [-0.15, -0.1) is 10.2 Å².